The van der Waals surface area contributed by atoms with Crippen LogP contribution in [0.15, 0.2) is 36.7 Å². The predicted molar refractivity (Wildman–Crippen MR) is 86.3 cm³/mol. The summed E-state index contributed by atoms with van der Waals surface area (Å²) >= 11 is 0. The van der Waals surface area contributed by atoms with Crippen molar-refractivity contribution in [2.24, 2.45) is 5.92 Å². The number of aromatic nitrogens is 1. The van der Waals surface area contributed by atoms with Gasteiger partial charge in [0.2, 0.25) is 0 Å². The number of hydrogen-bond donors (Lipinski definition) is 1. The Morgan fingerprint density at radius 3 is 2.90 bits per heavy atom. The van der Waals surface area contributed by atoms with Crippen molar-refractivity contribution in [2.45, 2.75) is 38.3 Å². The summed E-state index contributed by atoms with van der Waals surface area (Å²) in [5.74, 6) is 0.691. The van der Waals surface area contributed by atoms with Crippen molar-refractivity contribution in [1.82, 2.24) is 10.3 Å². The SMILES string of the molecule is CCCNC(c1cccc2ccncc12)C(OC)C1CC1. The third-order valence-electron chi connectivity index (χ3n) is 4.35. The van der Waals surface area contributed by atoms with Crippen molar-refractivity contribution in [1.29, 1.82) is 0 Å². The molecular formula is C18H24N2O. The highest BCUT2D eigenvalue weighted by Gasteiger charge is 2.37. The highest BCUT2D eigenvalue weighted by molar-refractivity contribution is 5.85. The maximum atomic E-state index is 5.85. The van der Waals surface area contributed by atoms with Gasteiger partial charge in [-0.2, -0.15) is 0 Å². The summed E-state index contributed by atoms with van der Waals surface area (Å²) in [6.07, 6.45) is 7.78. The van der Waals surface area contributed by atoms with Crippen LogP contribution in [0.5, 0.6) is 0 Å². The van der Waals surface area contributed by atoms with Crippen molar-refractivity contribution in [3.05, 3.63) is 42.2 Å². The number of methoxy groups -OCH3 is 1. The van der Waals surface area contributed by atoms with Crippen LogP contribution in [0.1, 0.15) is 37.8 Å². The molecule has 1 aromatic carbocycles. The normalized spacial score (nSPS) is 17.8. The van der Waals surface area contributed by atoms with E-state index in [2.05, 4.69) is 41.5 Å². The van der Waals surface area contributed by atoms with Gasteiger partial charge in [-0.3, -0.25) is 4.98 Å². The molecule has 2 atom stereocenters. The maximum absolute atomic E-state index is 5.85. The van der Waals surface area contributed by atoms with Crippen LogP contribution in [0.3, 0.4) is 0 Å². The number of hydrogen-bond acceptors (Lipinski definition) is 3. The fraction of sp³-hybridized carbons (Fsp3) is 0.500. The van der Waals surface area contributed by atoms with Crippen LogP contribution in [0, 0.1) is 5.92 Å². The maximum Gasteiger partial charge on any atom is 0.0794 e. The lowest BCUT2D eigenvalue weighted by molar-refractivity contribution is 0.0511. The summed E-state index contributed by atoms with van der Waals surface area (Å²) in [6.45, 7) is 3.21. The molecule has 1 N–H and O–H groups in total. The smallest absolute Gasteiger partial charge is 0.0794 e. The number of fused-ring (bicyclic) bond motifs is 1. The number of nitrogens with one attached hydrogen (secondary N) is 1. The van der Waals surface area contributed by atoms with Gasteiger partial charge in [-0.05, 0) is 48.7 Å². The van der Waals surface area contributed by atoms with Crippen molar-refractivity contribution in [3.63, 3.8) is 0 Å². The Bertz CT molecular complexity index is 589. The monoisotopic (exact) mass is 284 g/mol. The summed E-state index contributed by atoms with van der Waals surface area (Å²) < 4.78 is 5.85. The first kappa shape index (κ1) is 14.5. The molecule has 0 amide bonds. The topological polar surface area (TPSA) is 34.2 Å². The largest absolute Gasteiger partial charge is 0.379 e. The van der Waals surface area contributed by atoms with E-state index in [-0.39, 0.29) is 12.1 Å². The zero-order valence-corrected chi connectivity index (χ0v) is 12.9. The molecule has 3 rings (SSSR count). The van der Waals surface area contributed by atoms with Crippen molar-refractivity contribution in [3.8, 4) is 0 Å². The van der Waals surface area contributed by atoms with E-state index in [1.54, 1.807) is 0 Å². The van der Waals surface area contributed by atoms with Crippen LogP contribution >= 0.6 is 0 Å². The molecule has 0 bridgehead atoms. The fourth-order valence-corrected chi connectivity index (χ4v) is 3.14. The summed E-state index contributed by atoms with van der Waals surface area (Å²) in [6, 6.07) is 8.82. The highest BCUT2D eigenvalue weighted by Crippen LogP contribution is 2.41. The number of rotatable bonds is 7. The standard InChI is InChI=1S/C18H24N2O/c1-3-10-20-17(18(21-2)14-7-8-14)15-6-4-5-13-9-11-19-12-16(13)15/h4-6,9,11-12,14,17-18,20H,3,7-8,10H2,1-2H3. The first-order valence-corrected chi connectivity index (χ1v) is 7.94. The van der Waals surface area contributed by atoms with Gasteiger partial charge in [0.1, 0.15) is 0 Å². The molecule has 3 heteroatoms. The molecule has 1 aliphatic carbocycles. The van der Waals surface area contributed by atoms with Gasteiger partial charge in [0.25, 0.3) is 0 Å². The summed E-state index contributed by atoms with van der Waals surface area (Å²) in [4.78, 5) is 4.31. The van der Waals surface area contributed by atoms with Crippen LogP contribution in [0.4, 0.5) is 0 Å². The predicted octanol–water partition coefficient (Wildman–Crippen LogP) is 3.70. The lowest BCUT2D eigenvalue weighted by atomic mass is 9.94. The summed E-state index contributed by atoms with van der Waals surface area (Å²) in [5, 5.41) is 6.18. The molecule has 0 spiro atoms. The fourth-order valence-electron chi connectivity index (χ4n) is 3.14. The van der Waals surface area contributed by atoms with Gasteiger partial charge in [-0.15, -0.1) is 0 Å². The third kappa shape index (κ3) is 3.09. The van der Waals surface area contributed by atoms with Crippen molar-refractivity contribution in [2.75, 3.05) is 13.7 Å². The zero-order chi connectivity index (χ0) is 14.7. The Labute approximate surface area is 126 Å². The first-order valence-electron chi connectivity index (χ1n) is 7.94. The molecule has 0 saturated heterocycles. The minimum absolute atomic E-state index is 0.246. The summed E-state index contributed by atoms with van der Waals surface area (Å²) in [7, 11) is 1.84. The minimum Gasteiger partial charge on any atom is -0.379 e. The van der Waals surface area contributed by atoms with Crippen LogP contribution in [-0.4, -0.2) is 24.7 Å². The Morgan fingerprint density at radius 1 is 1.33 bits per heavy atom. The third-order valence-corrected chi connectivity index (χ3v) is 4.35. The quantitative estimate of drug-likeness (QED) is 0.842. The molecule has 2 aromatic rings. The Balaban J connectivity index is 2.00. The van der Waals surface area contributed by atoms with Gasteiger partial charge >= 0.3 is 0 Å². The van der Waals surface area contributed by atoms with Crippen LogP contribution in [0.25, 0.3) is 10.8 Å². The average molecular weight is 284 g/mol. The molecule has 1 saturated carbocycles. The molecule has 0 radical (unpaired) electrons. The average Bonchev–Trinajstić information content (AvgIpc) is 3.36. The van der Waals surface area contributed by atoms with E-state index in [0.29, 0.717) is 5.92 Å². The number of nitrogens with zero attached hydrogens (tertiary/aromatic N) is 1. The highest BCUT2D eigenvalue weighted by atomic mass is 16.5. The molecule has 1 fully saturated rings. The van der Waals surface area contributed by atoms with Gasteiger partial charge in [-0.25, -0.2) is 0 Å². The molecule has 1 aromatic heterocycles. The lowest BCUT2D eigenvalue weighted by Crippen LogP contribution is -2.35. The number of pyridine rings is 1. The van der Waals surface area contributed by atoms with Crippen LogP contribution in [0.2, 0.25) is 0 Å². The van der Waals surface area contributed by atoms with E-state index in [9.17, 15) is 0 Å². The second kappa shape index (κ2) is 6.54. The molecule has 2 unspecified atom stereocenters. The van der Waals surface area contributed by atoms with E-state index in [0.717, 1.165) is 13.0 Å². The van der Waals surface area contributed by atoms with Gasteiger partial charge in [0.15, 0.2) is 0 Å². The van der Waals surface area contributed by atoms with Gasteiger partial charge < -0.3 is 10.1 Å². The molecule has 3 nitrogen and oxygen atoms in total. The van der Waals surface area contributed by atoms with E-state index in [1.807, 2.05) is 19.5 Å². The van der Waals surface area contributed by atoms with Crippen molar-refractivity contribution < 1.29 is 4.74 Å². The second-order valence-electron chi connectivity index (χ2n) is 5.91. The van der Waals surface area contributed by atoms with Gasteiger partial charge in [0, 0.05) is 24.9 Å². The molecule has 21 heavy (non-hydrogen) atoms. The molecule has 112 valence electrons. The summed E-state index contributed by atoms with van der Waals surface area (Å²) in [5.41, 5.74) is 1.31. The second-order valence-corrected chi connectivity index (χ2v) is 5.91. The number of ether oxygens (including phenoxy) is 1. The van der Waals surface area contributed by atoms with Gasteiger partial charge in [0.05, 0.1) is 12.1 Å². The first-order chi connectivity index (χ1) is 10.3. The van der Waals surface area contributed by atoms with E-state index >= 15 is 0 Å². The Kier molecular flexibility index (Phi) is 4.51. The van der Waals surface area contributed by atoms with Crippen LogP contribution < -0.4 is 5.32 Å². The van der Waals surface area contributed by atoms with Crippen LogP contribution in [-0.2, 0) is 4.74 Å². The minimum atomic E-state index is 0.246. The molecule has 1 heterocycles. The Morgan fingerprint density at radius 2 is 2.19 bits per heavy atom. The van der Waals surface area contributed by atoms with Crippen molar-refractivity contribution >= 4 is 10.8 Å². The van der Waals surface area contributed by atoms with E-state index in [1.165, 1.54) is 29.2 Å². The molecular weight excluding hydrogens is 260 g/mol. The molecule has 1 aliphatic rings. The lowest BCUT2D eigenvalue weighted by Gasteiger charge is -2.28. The Hall–Kier alpha value is -1.45. The van der Waals surface area contributed by atoms with E-state index < -0.39 is 0 Å². The molecule has 0 aliphatic heterocycles. The van der Waals surface area contributed by atoms with Gasteiger partial charge in [-0.1, -0.05) is 25.1 Å². The number of benzene rings is 1. The zero-order valence-electron chi connectivity index (χ0n) is 12.9. The van der Waals surface area contributed by atoms with E-state index in [4.69, 9.17) is 4.74 Å².